The number of rotatable bonds is 7. The molecule has 2 aromatic rings. The standard InChI is InChI=1S/C26H34N6O/c1-5-9-20(10-6-2)17-31-14-12-21(18-31)30(4)26(33)22-16-28-32-19(3)15-24(29-25(22)32)23-11-7-8-13-27-23/h5-11,13,16,19,21,24,29H,1,12,14-15,17-18H2,2-4H3/b10-6-,20-9+. The second-order valence-electron chi connectivity index (χ2n) is 8.96. The first-order chi connectivity index (χ1) is 16.0. The molecule has 4 heterocycles. The van der Waals surface area contributed by atoms with Gasteiger partial charge in [-0.25, -0.2) is 4.68 Å². The molecule has 0 bridgehead atoms. The smallest absolute Gasteiger partial charge is 0.259 e. The summed E-state index contributed by atoms with van der Waals surface area (Å²) < 4.78 is 1.94. The van der Waals surface area contributed by atoms with Gasteiger partial charge in [0.2, 0.25) is 0 Å². The van der Waals surface area contributed by atoms with Crippen molar-refractivity contribution in [2.45, 2.75) is 44.8 Å². The maximum Gasteiger partial charge on any atom is 0.259 e. The van der Waals surface area contributed by atoms with E-state index in [1.54, 1.807) is 6.20 Å². The first-order valence-corrected chi connectivity index (χ1v) is 11.7. The molecule has 0 saturated carbocycles. The average Bonchev–Trinajstić information content (AvgIpc) is 3.46. The van der Waals surface area contributed by atoms with Gasteiger partial charge in [-0.15, -0.1) is 0 Å². The number of hydrogen-bond acceptors (Lipinski definition) is 5. The van der Waals surface area contributed by atoms with Gasteiger partial charge >= 0.3 is 0 Å². The second-order valence-corrected chi connectivity index (χ2v) is 8.96. The van der Waals surface area contributed by atoms with E-state index in [4.69, 9.17) is 0 Å². The summed E-state index contributed by atoms with van der Waals surface area (Å²) in [6.45, 7) is 10.7. The van der Waals surface area contributed by atoms with Crippen LogP contribution in [0.2, 0.25) is 0 Å². The van der Waals surface area contributed by atoms with Gasteiger partial charge in [0.1, 0.15) is 11.4 Å². The summed E-state index contributed by atoms with van der Waals surface area (Å²) in [7, 11) is 1.91. The first-order valence-electron chi connectivity index (χ1n) is 11.7. The molecule has 1 saturated heterocycles. The molecule has 3 unspecified atom stereocenters. The summed E-state index contributed by atoms with van der Waals surface area (Å²) in [6.07, 6.45) is 13.4. The summed E-state index contributed by atoms with van der Waals surface area (Å²) in [6, 6.07) is 6.37. The minimum atomic E-state index is 0.0137. The number of likely N-dealkylation sites (N-methyl/N-ethyl adjacent to an activating group) is 1. The van der Waals surface area contributed by atoms with Gasteiger partial charge in [0.05, 0.1) is 24.0 Å². The molecule has 1 N–H and O–H groups in total. The topological polar surface area (TPSA) is 66.3 Å². The molecule has 4 rings (SSSR count). The Labute approximate surface area is 196 Å². The normalized spacial score (nSPS) is 23.4. The molecule has 1 fully saturated rings. The Morgan fingerprint density at radius 2 is 2.24 bits per heavy atom. The molecule has 2 aliphatic heterocycles. The highest BCUT2D eigenvalue weighted by atomic mass is 16.2. The molecule has 1 amide bonds. The SMILES string of the molecule is C=C/C=C(\C=C/C)CN1CCC(N(C)C(=O)c2cnn3c2NC(c2ccccn2)CC3C)C1. The van der Waals surface area contributed by atoms with Gasteiger partial charge in [0, 0.05) is 38.9 Å². The Hall–Kier alpha value is -3.19. The van der Waals surface area contributed by atoms with Crippen molar-refractivity contribution in [2.24, 2.45) is 0 Å². The molecule has 2 aliphatic rings. The Bertz CT molecular complexity index is 1040. The highest BCUT2D eigenvalue weighted by Gasteiger charge is 2.34. The molecule has 7 nitrogen and oxygen atoms in total. The Balaban J connectivity index is 1.46. The van der Waals surface area contributed by atoms with E-state index >= 15 is 0 Å². The summed E-state index contributed by atoms with van der Waals surface area (Å²) in [4.78, 5) is 22.3. The molecule has 2 aromatic heterocycles. The fourth-order valence-corrected chi connectivity index (χ4v) is 4.85. The zero-order valence-electron chi connectivity index (χ0n) is 19.8. The Kier molecular flexibility index (Phi) is 7.08. The van der Waals surface area contributed by atoms with E-state index in [0.29, 0.717) is 5.56 Å². The number of pyridine rings is 1. The van der Waals surface area contributed by atoms with E-state index in [9.17, 15) is 4.79 Å². The van der Waals surface area contributed by atoms with Crippen molar-refractivity contribution in [1.29, 1.82) is 0 Å². The number of nitrogens with one attached hydrogen (secondary N) is 1. The van der Waals surface area contributed by atoms with Gasteiger partial charge in [0.25, 0.3) is 5.91 Å². The zero-order chi connectivity index (χ0) is 23.4. The third-order valence-corrected chi connectivity index (χ3v) is 6.61. The lowest BCUT2D eigenvalue weighted by atomic mass is 10.0. The van der Waals surface area contributed by atoms with Crippen LogP contribution in [0.4, 0.5) is 5.82 Å². The molecular formula is C26H34N6O. The number of hydrogen-bond donors (Lipinski definition) is 1. The van der Waals surface area contributed by atoms with Gasteiger partial charge in [0.15, 0.2) is 0 Å². The number of likely N-dealkylation sites (tertiary alicyclic amines) is 1. The fourth-order valence-electron chi connectivity index (χ4n) is 4.85. The Morgan fingerprint density at radius 1 is 1.39 bits per heavy atom. The van der Waals surface area contributed by atoms with Gasteiger partial charge in [-0.1, -0.05) is 36.9 Å². The quantitative estimate of drug-likeness (QED) is 0.645. The van der Waals surface area contributed by atoms with Crippen molar-refractivity contribution in [1.82, 2.24) is 24.6 Å². The number of amides is 1. The van der Waals surface area contributed by atoms with Crippen molar-refractivity contribution in [2.75, 3.05) is 32.0 Å². The van der Waals surface area contributed by atoms with Crippen LogP contribution >= 0.6 is 0 Å². The highest BCUT2D eigenvalue weighted by molar-refractivity contribution is 5.99. The molecule has 0 aliphatic carbocycles. The van der Waals surface area contributed by atoms with E-state index in [-0.39, 0.29) is 24.0 Å². The third kappa shape index (κ3) is 4.93. The molecular weight excluding hydrogens is 412 g/mol. The van der Waals surface area contributed by atoms with Crippen LogP contribution in [-0.2, 0) is 0 Å². The van der Waals surface area contributed by atoms with Crippen LogP contribution in [0.5, 0.6) is 0 Å². The molecule has 7 heteroatoms. The van der Waals surface area contributed by atoms with Crippen LogP contribution in [0, 0.1) is 0 Å². The van der Waals surface area contributed by atoms with Crippen LogP contribution in [-0.4, -0.2) is 63.2 Å². The van der Waals surface area contributed by atoms with Crippen molar-refractivity contribution in [3.8, 4) is 0 Å². The molecule has 174 valence electrons. The second kappa shape index (κ2) is 10.2. The largest absolute Gasteiger partial charge is 0.361 e. The lowest BCUT2D eigenvalue weighted by Crippen LogP contribution is -2.39. The maximum absolute atomic E-state index is 13.5. The van der Waals surface area contributed by atoms with E-state index in [1.807, 2.05) is 66.2 Å². The van der Waals surface area contributed by atoms with Crippen molar-refractivity contribution < 1.29 is 4.79 Å². The predicted molar refractivity (Wildman–Crippen MR) is 132 cm³/mol. The lowest BCUT2D eigenvalue weighted by molar-refractivity contribution is 0.0737. The van der Waals surface area contributed by atoms with Crippen LogP contribution < -0.4 is 5.32 Å². The zero-order valence-corrected chi connectivity index (χ0v) is 19.8. The van der Waals surface area contributed by atoms with Crippen molar-refractivity contribution in [3.05, 3.63) is 78.3 Å². The van der Waals surface area contributed by atoms with Crippen LogP contribution in [0.15, 0.2) is 67.0 Å². The number of anilines is 1. The Morgan fingerprint density at radius 3 is 2.97 bits per heavy atom. The lowest BCUT2D eigenvalue weighted by Gasteiger charge is -2.31. The summed E-state index contributed by atoms with van der Waals surface area (Å²) in [5, 5.41) is 8.08. The number of aromatic nitrogens is 3. The van der Waals surface area contributed by atoms with Gasteiger partial charge in [-0.2, -0.15) is 5.10 Å². The van der Waals surface area contributed by atoms with Crippen molar-refractivity contribution in [3.63, 3.8) is 0 Å². The molecule has 0 spiro atoms. The number of carbonyl (C=O) groups is 1. The fraction of sp³-hybridized carbons (Fsp3) is 0.423. The van der Waals surface area contributed by atoms with E-state index in [0.717, 1.165) is 44.0 Å². The van der Waals surface area contributed by atoms with Crippen LogP contribution in [0.1, 0.15) is 54.8 Å². The maximum atomic E-state index is 13.5. The summed E-state index contributed by atoms with van der Waals surface area (Å²) in [5.74, 6) is 0.806. The molecule has 3 atom stereocenters. The van der Waals surface area contributed by atoms with Gasteiger partial charge < -0.3 is 10.2 Å². The molecule has 0 aromatic carbocycles. The van der Waals surface area contributed by atoms with Crippen molar-refractivity contribution >= 4 is 11.7 Å². The number of nitrogens with zero attached hydrogens (tertiary/aromatic N) is 5. The number of fused-ring (bicyclic) bond motifs is 1. The van der Waals surface area contributed by atoms with E-state index < -0.39 is 0 Å². The highest BCUT2D eigenvalue weighted by Crippen LogP contribution is 2.36. The van der Waals surface area contributed by atoms with Crippen LogP contribution in [0.25, 0.3) is 0 Å². The minimum absolute atomic E-state index is 0.0137. The van der Waals surface area contributed by atoms with Crippen LogP contribution in [0.3, 0.4) is 0 Å². The average molecular weight is 447 g/mol. The first kappa shape index (κ1) is 23.0. The van der Waals surface area contributed by atoms with Gasteiger partial charge in [-0.05, 0) is 44.4 Å². The monoisotopic (exact) mass is 446 g/mol. The summed E-state index contributed by atoms with van der Waals surface area (Å²) >= 11 is 0. The predicted octanol–water partition coefficient (Wildman–Crippen LogP) is 4.23. The van der Waals surface area contributed by atoms with E-state index in [1.165, 1.54) is 5.57 Å². The number of carbonyl (C=O) groups excluding carboxylic acids is 1. The number of allylic oxidation sites excluding steroid dienone is 3. The molecule has 33 heavy (non-hydrogen) atoms. The van der Waals surface area contributed by atoms with E-state index in [2.05, 4.69) is 39.9 Å². The minimum Gasteiger partial charge on any atom is -0.361 e. The summed E-state index contributed by atoms with van der Waals surface area (Å²) in [5.41, 5.74) is 2.84. The molecule has 0 radical (unpaired) electrons. The third-order valence-electron chi connectivity index (χ3n) is 6.61. The van der Waals surface area contributed by atoms with Gasteiger partial charge in [-0.3, -0.25) is 14.7 Å².